The first kappa shape index (κ1) is 23.2. The number of carbonyl (C=O) groups is 1. The normalized spacial score (nSPS) is 13.9. The summed E-state index contributed by atoms with van der Waals surface area (Å²) in [5.74, 6) is -0.335. The van der Waals surface area contributed by atoms with Crippen LogP contribution >= 0.6 is 11.6 Å². The van der Waals surface area contributed by atoms with Crippen molar-refractivity contribution in [2.24, 2.45) is 0 Å². The minimum atomic E-state index is -3.73. The van der Waals surface area contributed by atoms with Gasteiger partial charge in [-0.25, -0.2) is 12.4 Å². The van der Waals surface area contributed by atoms with Gasteiger partial charge in [-0.2, -0.15) is 0 Å². The first-order chi connectivity index (χ1) is 15.7. The van der Waals surface area contributed by atoms with Crippen molar-refractivity contribution in [3.63, 3.8) is 0 Å². The fourth-order valence-corrected chi connectivity index (χ4v) is 5.64. The molecule has 2 heterocycles. The number of halogens is 1. The predicted molar refractivity (Wildman–Crippen MR) is 131 cm³/mol. The Morgan fingerprint density at radius 2 is 2.03 bits per heavy atom. The van der Waals surface area contributed by atoms with E-state index in [9.17, 15) is 13.2 Å². The van der Waals surface area contributed by atoms with Gasteiger partial charge in [0.05, 0.1) is 23.5 Å². The van der Waals surface area contributed by atoms with E-state index in [0.29, 0.717) is 41.1 Å². The quantitative estimate of drug-likeness (QED) is 0.505. The Balaban J connectivity index is 1.60. The predicted octanol–water partition coefficient (Wildman–Crippen LogP) is 4.42. The second-order valence-electron chi connectivity index (χ2n) is 8.03. The Hall–Kier alpha value is -2.97. The monoisotopic (exact) mass is 488 g/mol. The van der Waals surface area contributed by atoms with Crippen LogP contribution in [0.1, 0.15) is 24.1 Å². The Kier molecular flexibility index (Phi) is 6.67. The van der Waals surface area contributed by atoms with Crippen LogP contribution in [0, 0.1) is 0 Å². The molecular weight excluding hydrogens is 464 g/mol. The van der Waals surface area contributed by atoms with Crippen LogP contribution in [0.4, 0.5) is 5.69 Å². The molecule has 0 unspecified atom stereocenters. The van der Waals surface area contributed by atoms with Crippen LogP contribution in [-0.4, -0.2) is 49.4 Å². The summed E-state index contributed by atoms with van der Waals surface area (Å²) in [6.45, 7) is 1.44. The van der Waals surface area contributed by atoms with Crippen LogP contribution in [0.5, 0.6) is 5.75 Å². The van der Waals surface area contributed by atoms with Gasteiger partial charge in [0, 0.05) is 29.6 Å². The fraction of sp³-hybridized carbons (Fsp3) is 0.292. The van der Waals surface area contributed by atoms with Crippen molar-refractivity contribution in [3.8, 4) is 5.75 Å². The number of carboxylic acid groups (broad SMARTS) is 1. The van der Waals surface area contributed by atoms with Crippen molar-refractivity contribution < 1.29 is 23.1 Å². The molecule has 0 fully saturated rings. The lowest BCUT2D eigenvalue weighted by molar-refractivity contribution is -0.137. The number of anilines is 1. The van der Waals surface area contributed by atoms with Gasteiger partial charge in [-0.1, -0.05) is 29.8 Å². The van der Waals surface area contributed by atoms with E-state index in [1.54, 1.807) is 36.4 Å². The molecule has 33 heavy (non-hydrogen) atoms. The van der Waals surface area contributed by atoms with Gasteiger partial charge < -0.3 is 14.7 Å². The maximum Gasteiger partial charge on any atom is 0.303 e. The van der Waals surface area contributed by atoms with Crippen molar-refractivity contribution in [2.75, 3.05) is 30.9 Å². The van der Waals surface area contributed by atoms with E-state index < -0.39 is 16.0 Å². The first-order valence-electron chi connectivity index (χ1n) is 10.6. The molecule has 0 spiro atoms. The van der Waals surface area contributed by atoms with Crippen LogP contribution in [0.15, 0.2) is 48.5 Å². The Morgan fingerprint density at radius 1 is 1.21 bits per heavy atom. The zero-order valence-electron chi connectivity index (χ0n) is 18.2. The van der Waals surface area contributed by atoms with Crippen molar-refractivity contribution >= 4 is 50.3 Å². The molecule has 7 nitrogen and oxygen atoms in total. The fourth-order valence-electron chi connectivity index (χ4n) is 4.00. The molecule has 1 aliphatic rings. The van der Waals surface area contributed by atoms with Crippen molar-refractivity contribution in [1.29, 1.82) is 0 Å². The number of aliphatic carboxylic acids is 1. The van der Waals surface area contributed by atoms with Crippen LogP contribution in [-0.2, 0) is 21.2 Å². The summed E-state index contributed by atoms with van der Waals surface area (Å²) in [6.07, 6.45) is 4.03. The molecule has 0 saturated heterocycles. The van der Waals surface area contributed by atoms with E-state index >= 15 is 0 Å². The minimum absolute atomic E-state index is 0.0299. The van der Waals surface area contributed by atoms with Crippen molar-refractivity contribution in [2.45, 2.75) is 19.3 Å². The molecule has 1 N–H and O–H groups in total. The van der Waals surface area contributed by atoms with Gasteiger partial charge in [-0.15, -0.1) is 0 Å². The number of ether oxygens (including phenoxy) is 1. The van der Waals surface area contributed by atoms with Gasteiger partial charge in [-0.05, 0) is 54.8 Å². The Bertz CT molecular complexity index is 1330. The molecule has 1 aliphatic heterocycles. The molecule has 0 aliphatic carbocycles. The number of hydrogen-bond acceptors (Lipinski definition) is 5. The van der Waals surface area contributed by atoms with Crippen molar-refractivity contribution in [3.05, 3.63) is 64.8 Å². The van der Waals surface area contributed by atoms with E-state index in [-0.39, 0.29) is 12.2 Å². The average molecular weight is 489 g/mol. The van der Waals surface area contributed by atoms with Gasteiger partial charge in [-0.3, -0.25) is 4.79 Å². The highest BCUT2D eigenvalue weighted by Crippen LogP contribution is 2.32. The highest BCUT2D eigenvalue weighted by molar-refractivity contribution is 7.90. The second kappa shape index (κ2) is 9.49. The maximum atomic E-state index is 13.3. The molecule has 0 amide bonds. The third-order valence-corrected chi connectivity index (χ3v) is 7.43. The summed E-state index contributed by atoms with van der Waals surface area (Å²) >= 11 is 6.09. The smallest absolute Gasteiger partial charge is 0.303 e. The summed E-state index contributed by atoms with van der Waals surface area (Å²) in [7, 11) is -1.73. The summed E-state index contributed by atoms with van der Waals surface area (Å²) in [5.41, 5.74) is 2.94. The SMILES string of the molecule is CN1CCOc2cc(C=CCS(=O)(=O)n3c(CCCC(=O)O)cc4cc(Cl)ccc43)ccc21. The second-order valence-corrected chi connectivity index (χ2v) is 10.3. The third-order valence-electron chi connectivity index (χ3n) is 5.59. The molecule has 0 atom stereocenters. The number of rotatable bonds is 8. The number of carboxylic acids is 1. The number of aryl methyl sites for hydroxylation is 1. The number of aromatic nitrogens is 1. The van der Waals surface area contributed by atoms with Gasteiger partial charge in [0.1, 0.15) is 12.4 Å². The molecule has 4 rings (SSSR count). The topological polar surface area (TPSA) is 88.8 Å². The molecule has 9 heteroatoms. The molecule has 3 aromatic rings. The lowest BCUT2D eigenvalue weighted by Crippen LogP contribution is -2.28. The molecule has 0 radical (unpaired) electrons. The zero-order chi connectivity index (χ0) is 23.6. The van der Waals surface area contributed by atoms with Gasteiger partial charge in [0.15, 0.2) is 0 Å². The van der Waals surface area contributed by atoms with Crippen molar-refractivity contribution in [1.82, 2.24) is 3.97 Å². The molecular formula is C24H25ClN2O5S. The zero-order valence-corrected chi connectivity index (χ0v) is 19.8. The average Bonchev–Trinajstić information content (AvgIpc) is 3.11. The standard InChI is InChI=1S/C24H25ClN2O5S/c1-26-11-12-32-23-14-17(7-9-22(23)26)4-3-13-33(30,31)27-20(5-2-6-24(28)29)16-18-15-19(25)8-10-21(18)27/h3-4,7-10,14-16H,2,5-6,11-13H2,1H3,(H,28,29). The van der Waals surface area contributed by atoms with Crippen LogP contribution in [0.3, 0.4) is 0 Å². The number of benzene rings is 2. The summed E-state index contributed by atoms with van der Waals surface area (Å²) in [4.78, 5) is 13.0. The van der Waals surface area contributed by atoms with Crippen LogP contribution in [0.25, 0.3) is 17.0 Å². The highest BCUT2D eigenvalue weighted by atomic mass is 35.5. The van der Waals surface area contributed by atoms with Gasteiger partial charge in [0.2, 0.25) is 10.0 Å². The summed E-state index contributed by atoms with van der Waals surface area (Å²) in [6, 6.07) is 12.6. The highest BCUT2D eigenvalue weighted by Gasteiger charge is 2.20. The number of nitrogens with zero attached hydrogens (tertiary/aromatic N) is 2. The van der Waals surface area contributed by atoms with E-state index in [4.69, 9.17) is 21.4 Å². The number of fused-ring (bicyclic) bond motifs is 2. The van der Waals surface area contributed by atoms with Crippen LogP contribution in [0.2, 0.25) is 5.02 Å². The molecule has 1 aromatic heterocycles. The third kappa shape index (κ3) is 5.17. The lowest BCUT2D eigenvalue weighted by atomic mass is 10.1. The molecule has 2 aromatic carbocycles. The Labute approximate surface area is 197 Å². The molecule has 0 saturated carbocycles. The minimum Gasteiger partial charge on any atom is -0.490 e. The maximum absolute atomic E-state index is 13.3. The molecule has 174 valence electrons. The summed E-state index contributed by atoms with van der Waals surface area (Å²) in [5, 5.41) is 10.2. The van der Waals surface area contributed by atoms with E-state index in [1.807, 2.05) is 25.2 Å². The van der Waals surface area contributed by atoms with Gasteiger partial charge >= 0.3 is 5.97 Å². The van der Waals surface area contributed by atoms with E-state index in [1.165, 1.54) is 3.97 Å². The van der Waals surface area contributed by atoms with Crippen LogP contribution < -0.4 is 9.64 Å². The largest absolute Gasteiger partial charge is 0.490 e. The van der Waals surface area contributed by atoms with E-state index in [0.717, 1.165) is 23.5 Å². The first-order valence-corrected chi connectivity index (χ1v) is 12.6. The lowest BCUT2D eigenvalue weighted by Gasteiger charge is -2.27. The van der Waals surface area contributed by atoms with E-state index in [2.05, 4.69) is 4.90 Å². The Morgan fingerprint density at radius 3 is 2.82 bits per heavy atom. The number of hydrogen-bond donors (Lipinski definition) is 1. The summed E-state index contributed by atoms with van der Waals surface area (Å²) < 4.78 is 33.6. The molecule has 0 bridgehead atoms. The van der Waals surface area contributed by atoms with Gasteiger partial charge in [0.25, 0.3) is 0 Å². The number of likely N-dealkylation sites (N-methyl/N-ethyl adjacent to an activating group) is 1.